The van der Waals surface area contributed by atoms with Crippen molar-refractivity contribution in [3.05, 3.63) is 35.9 Å². The monoisotopic (exact) mass is 217 g/mol. The van der Waals surface area contributed by atoms with Crippen molar-refractivity contribution in [1.82, 2.24) is 4.90 Å². The minimum atomic E-state index is -0.145. The molecule has 3 heteroatoms. The Morgan fingerprint density at radius 3 is 2.81 bits per heavy atom. The Balaban J connectivity index is 1.53. The molecule has 3 rings (SSSR count). The molecule has 2 aliphatic rings. The largest absolute Gasteiger partial charge is 0.445 e. The number of ether oxygens (including phenoxy) is 1. The fraction of sp³-hybridized carbons (Fsp3) is 0.462. The highest BCUT2D eigenvalue weighted by atomic mass is 16.6. The average Bonchev–Trinajstić information content (AvgIpc) is 2.99. The van der Waals surface area contributed by atoms with Gasteiger partial charge < -0.3 is 9.64 Å². The van der Waals surface area contributed by atoms with Gasteiger partial charge in [-0.3, -0.25) is 0 Å². The van der Waals surface area contributed by atoms with Crippen LogP contribution in [0.1, 0.15) is 18.4 Å². The Bertz CT molecular complexity index is 390. The summed E-state index contributed by atoms with van der Waals surface area (Å²) in [6.45, 7) is 1.26. The first kappa shape index (κ1) is 9.70. The minimum Gasteiger partial charge on any atom is -0.445 e. The van der Waals surface area contributed by atoms with E-state index in [0.29, 0.717) is 12.6 Å². The highest BCUT2D eigenvalue weighted by Gasteiger charge is 2.49. The summed E-state index contributed by atoms with van der Waals surface area (Å²) in [4.78, 5) is 13.6. The number of hydrogen-bond donors (Lipinski definition) is 0. The SMILES string of the molecule is O=C(OCc1ccccc1)N1CCC2CC21. The summed E-state index contributed by atoms with van der Waals surface area (Å²) >= 11 is 0. The van der Waals surface area contributed by atoms with Gasteiger partial charge in [0, 0.05) is 12.6 Å². The fourth-order valence-electron chi connectivity index (χ4n) is 2.42. The lowest BCUT2D eigenvalue weighted by Gasteiger charge is -2.17. The molecular weight excluding hydrogens is 202 g/mol. The van der Waals surface area contributed by atoms with Crippen molar-refractivity contribution in [3.8, 4) is 0 Å². The zero-order chi connectivity index (χ0) is 11.0. The van der Waals surface area contributed by atoms with E-state index in [2.05, 4.69) is 0 Å². The van der Waals surface area contributed by atoms with Crippen LogP contribution in [0, 0.1) is 5.92 Å². The van der Waals surface area contributed by atoms with Crippen LogP contribution in [0.15, 0.2) is 30.3 Å². The van der Waals surface area contributed by atoms with E-state index in [1.54, 1.807) is 0 Å². The molecular formula is C13H15NO2. The molecule has 2 fully saturated rings. The first-order chi connectivity index (χ1) is 7.84. The number of carbonyl (C=O) groups is 1. The minimum absolute atomic E-state index is 0.145. The van der Waals surface area contributed by atoms with Crippen molar-refractivity contribution in [3.63, 3.8) is 0 Å². The predicted molar refractivity (Wildman–Crippen MR) is 59.8 cm³/mol. The normalized spacial score (nSPS) is 26.4. The van der Waals surface area contributed by atoms with E-state index in [9.17, 15) is 4.79 Å². The Morgan fingerprint density at radius 1 is 1.38 bits per heavy atom. The van der Waals surface area contributed by atoms with Crippen LogP contribution in [-0.2, 0) is 11.3 Å². The zero-order valence-corrected chi connectivity index (χ0v) is 9.13. The van der Waals surface area contributed by atoms with Crippen LogP contribution in [-0.4, -0.2) is 23.6 Å². The lowest BCUT2D eigenvalue weighted by Crippen LogP contribution is -2.31. The number of rotatable bonds is 2. The Hall–Kier alpha value is -1.51. The summed E-state index contributed by atoms with van der Waals surface area (Å²) < 4.78 is 5.30. The number of carbonyl (C=O) groups excluding carboxylic acids is 1. The van der Waals surface area contributed by atoms with Gasteiger partial charge in [-0.25, -0.2) is 4.79 Å². The van der Waals surface area contributed by atoms with E-state index in [1.165, 1.54) is 6.42 Å². The molecule has 84 valence electrons. The summed E-state index contributed by atoms with van der Waals surface area (Å²) in [5, 5.41) is 0. The summed E-state index contributed by atoms with van der Waals surface area (Å²) in [6.07, 6.45) is 2.19. The molecule has 2 atom stereocenters. The molecule has 3 nitrogen and oxygen atoms in total. The molecule has 0 bridgehead atoms. The number of hydrogen-bond acceptors (Lipinski definition) is 2. The van der Waals surface area contributed by atoms with Gasteiger partial charge in [0.25, 0.3) is 0 Å². The second kappa shape index (κ2) is 3.81. The maximum Gasteiger partial charge on any atom is 0.410 e. The molecule has 1 aliphatic carbocycles. The molecule has 2 unspecified atom stereocenters. The van der Waals surface area contributed by atoms with E-state index in [0.717, 1.165) is 24.4 Å². The lowest BCUT2D eigenvalue weighted by molar-refractivity contribution is 0.0990. The van der Waals surface area contributed by atoms with Crippen molar-refractivity contribution < 1.29 is 9.53 Å². The summed E-state index contributed by atoms with van der Waals surface area (Å²) in [6, 6.07) is 10.3. The lowest BCUT2D eigenvalue weighted by atomic mass is 10.2. The molecule has 1 saturated heterocycles. The molecule has 1 aromatic carbocycles. The van der Waals surface area contributed by atoms with Gasteiger partial charge in [-0.05, 0) is 24.3 Å². The second-order valence-electron chi connectivity index (χ2n) is 4.59. The van der Waals surface area contributed by atoms with Crippen LogP contribution in [0.4, 0.5) is 4.79 Å². The van der Waals surface area contributed by atoms with Gasteiger partial charge in [0.2, 0.25) is 0 Å². The number of piperidine rings is 1. The smallest absolute Gasteiger partial charge is 0.410 e. The van der Waals surface area contributed by atoms with Crippen molar-refractivity contribution in [2.75, 3.05) is 6.54 Å². The van der Waals surface area contributed by atoms with Crippen LogP contribution < -0.4 is 0 Å². The number of nitrogens with zero attached hydrogens (tertiary/aromatic N) is 1. The molecule has 1 amide bonds. The molecule has 0 spiro atoms. The van der Waals surface area contributed by atoms with E-state index in [4.69, 9.17) is 4.74 Å². The zero-order valence-electron chi connectivity index (χ0n) is 9.13. The van der Waals surface area contributed by atoms with Gasteiger partial charge in [-0.15, -0.1) is 0 Å². The quantitative estimate of drug-likeness (QED) is 0.761. The van der Waals surface area contributed by atoms with Crippen molar-refractivity contribution >= 4 is 6.09 Å². The number of fused-ring (bicyclic) bond motifs is 1. The highest BCUT2D eigenvalue weighted by Crippen LogP contribution is 2.44. The van der Waals surface area contributed by atoms with Crippen molar-refractivity contribution in [1.29, 1.82) is 0 Å². The third-order valence-electron chi connectivity index (χ3n) is 3.47. The van der Waals surface area contributed by atoms with Gasteiger partial charge in [0.1, 0.15) is 6.61 Å². The molecule has 0 N–H and O–H groups in total. The predicted octanol–water partition coefficient (Wildman–Crippen LogP) is 2.42. The summed E-state index contributed by atoms with van der Waals surface area (Å²) in [5.74, 6) is 0.768. The third kappa shape index (κ3) is 1.77. The molecule has 0 radical (unpaired) electrons. The molecule has 16 heavy (non-hydrogen) atoms. The van der Waals surface area contributed by atoms with E-state index in [-0.39, 0.29) is 6.09 Å². The van der Waals surface area contributed by atoms with Gasteiger partial charge in [-0.2, -0.15) is 0 Å². The maximum atomic E-state index is 11.8. The Kier molecular flexibility index (Phi) is 2.31. The third-order valence-corrected chi connectivity index (χ3v) is 3.47. The van der Waals surface area contributed by atoms with Gasteiger partial charge in [-0.1, -0.05) is 30.3 Å². The van der Waals surface area contributed by atoms with Gasteiger partial charge in [0.05, 0.1) is 0 Å². The Labute approximate surface area is 95.0 Å². The molecule has 1 aromatic rings. The van der Waals surface area contributed by atoms with Gasteiger partial charge in [0.15, 0.2) is 0 Å². The number of likely N-dealkylation sites (tertiary alicyclic amines) is 1. The van der Waals surface area contributed by atoms with Gasteiger partial charge >= 0.3 is 6.09 Å². The second-order valence-corrected chi connectivity index (χ2v) is 4.59. The van der Waals surface area contributed by atoms with Crippen molar-refractivity contribution in [2.24, 2.45) is 5.92 Å². The van der Waals surface area contributed by atoms with Crippen LogP contribution in [0.5, 0.6) is 0 Å². The van der Waals surface area contributed by atoms with Crippen LogP contribution in [0.25, 0.3) is 0 Å². The topological polar surface area (TPSA) is 29.5 Å². The molecule has 0 aromatic heterocycles. The maximum absolute atomic E-state index is 11.8. The fourth-order valence-corrected chi connectivity index (χ4v) is 2.42. The number of benzene rings is 1. The van der Waals surface area contributed by atoms with Crippen LogP contribution in [0.2, 0.25) is 0 Å². The van der Waals surface area contributed by atoms with E-state index >= 15 is 0 Å². The van der Waals surface area contributed by atoms with Crippen LogP contribution in [0.3, 0.4) is 0 Å². The first-order valence-corrected chi connectivity index (χ1v) is 5.82. The molecule has 1 saturated carbocycles. The van der Waals surface area contributed by atoms with Crippen molar-refractivity contribution in [2.45, 2.75) is 25.5 Å². The summed E-state index contributed by atoms with van der Waals surface area (Å²) in [5.41, 5.74) is 1.04. The van der Waals surface area contributed by atoms with E-state index in [1.807, 2.05) is 35.2 Å². The molecule has 1 aliphatic heterocycles. The number of amides is 1. The summed E-state index contributed by atoms with van der Waals surface area (Å²) in [7, 11) is 0. The Morgan fingerprint density at radius 2 is 2.19 bits per heavy atom. The first-order valence-electron chi connectivity index (χ1n) is 5.82. The highest BCUT2D eigenvalue weighted by molar-refractivity contribution is 5.69. The van der Waals surface area contributed by atoms with Crippen LogP contribution >= 0.6 is 0 Å². The molecule has 1 heterocycles. The van der Waals surface area contributed by atoms with E-state index < -0.39 is 0 Å². The average molecular weight is 217 g/mol. The standard InChI is InChI=1S/C13H15NO2/c15-13(14-7-6-11-8-12(11)14)16-9-10-4-2-1-3-5-10/h1-5,11-12H,6-9H2.